The molecular weight excluding hydrogens is 188 g/mol. The Balaban J connectivity index is 0.000000531. The minimum absolute atomic E-state index is 0.181. The molecule has 3 heteroatoms. The lowest BCUT2D eigenvalue weighted by molar-refractivity contribution is 0.995. The molecule has 0 unspecified atom stereocenters. The van der Waals surface area contributed by atoms with Crippen molar-refractivity contribution in [2.45, 2.75) is 13.8 Å². The largest absolute Gasteiger partial charge is 0.268 e. The normalized spacial score (nSPS) is 8.93. The smallest absolute Gasteiger partial charge is 0.264 e. The summed E-state index contributed by atoms with van der Waals surface area (Å²) in [4.78, 5) is 10.7. The molecule has 0 spiro atoms. The van der Waals surface area contributed by atoms with Crippen molar-refractivity contribution in [2.24, 2.45) is 0 Å². The van der Waals surface area contributed by atoms with Crippen molar-refractivity contribution in [2.75, 3.05) is 0 Å². The highest BCUT2D eigenvalue weighted by Crippen LogP contribution is 2.12. The van der Waals surface area contributed by atoms with Crippen LogP contribution in [0.25, 0.3) is 11.3 Å². The van der Waals surface area contributed by atoms with Crippen molar-refractivity contribution in [1.29, 1.82) is 0 Å². The average molecular weight is 202 g/mol. The first-order valence-electron chi connectivity index (χ1n) is 4.97. The molecule has 0 aliphatic rings. The molecule has 0 amide bonds. The molecule has 0 radical (unpaired) electrons. The molecule has 0 aliphatic heterocycles. The number of aromatic amines is 1. The summed E-state index contributed by atoms with van der Waals surface area (Å²) in [6.45, 7) is 4.00. The van der Waals surface area contributed by atoms with Gasteiger partial charge in [0.05, 0.1) is 5.69 Å². The van der Waals surface area contributed by atoms with Gasteiger partial charge < -0.3 is 0 Å². The van der Waals surface area contributed by atoms with Crippen LogP contribution in [0.1, 0.15) is 13.8 Å². The Bertz CT molecular complexity index is 428. The standard InChI is InChI=1S/C10H8N2O.C2H6/c13-10-7-6-9(11-12-10)8-4-2-1-3-5-8;1-2/h1-7H,(H,12,13);1-2H3. The number of hydrogen-bond donors (Lipinski definition) is 1. The minimum atomic E-state index is -0.181. The second kappa shape index (κ2) is 5.75. The topological polar surface area (TPSA) is 45.8 Å². The van der Waals surface area contributed by atoms with Gasteiger partial charge in [0, 0.05) is 11.6 Å². The van der Waals surface area contributed by atoms with E-state index in [2.05, 4.69) is 10.2 Å². The molecule has 2 rings (SSSR count). The van der Waals surface area contributed by atoms with Crippen molar-refractivity contribution in [3.8, 4) is 11.3 Å². The highest BCUT2D eigenvalue weighted by Gasteiger charge is 1.96. The number of H-pyrrole nitrogens is 1. The fraction of sp³-hybridized carbons (Fsp3) is 0.167. The van der Waals surface area contributed by atoms with Crippen LogP contribution < -0.4 is 5.56 Å². The van der Waals surface area contributed by atoms with E-state index in [1.54, 1.807) is 6.07 Å². The highest BCUT2D eigenvalue weighted by atomic mass is 16.1. The average Bonchev–Trinajstić information content (AvgIpc) is 2.34. The monoisotopic (exact) mass is 202 g/mol. The van der Waals surface area contributed by atoms with Gasteiger partial charge in [-0.3, -0.25) is 4.79 Å². The Labute approximate surface area is 88.8 Å². The van der Waals surface area contributed by atoms with E-state index in [1.165, 1.54) is 6.07 Å². The molecule has 0 atom stereocenters. The number of nitrogens with one attached hydrogen (secondary N) is 1. The van der Waals surface area contributed by atoms with Gasteiger partial charge in [-0.05, 0) is 6.07 Å². The molecule has 1 aromatic carbocycles. The molecule has 3 nitrogen and oxygen atoms in total. The van der Waals surface area contributed by atoms with Crippen LogP contribution >= 0.6 is 0 Å². The first-order valence-corrected chi connectivity index (χ1v) is 4.97. The van der Waals surface area contributed by atoms with Gasteiger partial charge in [-0.25, -0.2) is 5.10 Å². The van der Waals surface area contributed by atoms with Gasteiger partial charge in [-0.2, -0.15) is 5.10 Å². The zero-order valence-corrected chi connectivity index (χ0v) is 8.90. The maximum absolute atomic E-state index is 10.7. The summed E-state index contributed by atoms with van der Waals surface area (Å²) in [5.41, 5.74) is 1.60. The molecule has 1 aromatic heterocycles. The van der Waals surface area contributed by atoms with Crippen LogP contribution in [-0.4, -0.2) is 10.2 Å². The predicted molar refractivity (Wildman–Crippen MR) is 61.6 cm³/mol. The Hall–Kier alpha value is -1.90. The molecule has 0 fully saturated rings. The summed E-state index contributed by atoms with van der Waals surface area (Å²) in [5.74, 6) is 0. The molecule has 0 saturated heterocycles. The molecule has 0 saturated carbocycles. The van der Waals surface area contributed by atoms with Crippen molar-refractivity contribution < 1.29 is 0 Å². The van der Waals surface area contributed by atoms with E-state index < -0.39 is 0 Å². The van der Waals surface area contributed by atoms with E-state index >= 15 is 0 Å². The van der Waals surface area contributed by atoms with Crippen LogP contribution in [-0.2, 0) is 0 Å². The lowest BCUT2D eigenvalue weighted by atomic mass is 10.1. The van der Waals surface area contributed by atoms with Gasteiger partial charge in [-0.15, -0.1) is 0 Å². The van der Waals surface area contributed by atoms with Gasteiger partial charge >= 0.3 is 0 Å². The van der Waals surface area contributed by atoms with Crippen LogP contribution in [0.2, 0.25) is 0 Å². The van der Waals surface area contributed by atoms with Gasteiger partial charge in [0.25, 0.3) is 5.56 Å². The van der Waals surface area contributed by atoms with E-state index in [4.69, 9.17) is 0 Å². The summed E-state index contributed by atoms with van der Waals surface area (Å²) in [6, 6.07) is 12.9. The molecule has 0 bridgehead atoms. The first-order chi connectivity index (χ1) is 7.36. The number of nitrogens with zero attached hydrogens (tertiary/aromatic N) is 1. The Morgan fingerprint density at radius 2 is 1.67 bits per heavy atom. The summed E-state index contributed by atoms with van der Waals surface area (Å²) >= 11 is 0. The molecule has 1 heterocycles. The molecule has 0 aliphatic carbocycles. The van der Waals surface area contributed by atoms with E-state index in [0.717, 1.165) is 11.3 Å². The zero-order valence-electron chi connectivity index (χ0n) is 8.90. The van der Waals surface area contributed by atoms with Crippen molar-refractivity contribution >= 4 is 0 Å². The summed E-state index contributed by atoms with van der Waals surface area (Å²) < 4.78 is 0. The Morgan fingerprint density at radius 1 is 1.00 bits per heavy atom. The lowest BCUT2D eigenvalue weighted by Gasteiger charge is -1.96. The van der Waals surface area contributed by atoms with E-state index in [9.17, 15) is 4.79 Å². The van der Waals surface area contributed by atoms with Crippen LogP contribution in [0.15, 0.2) is 47.3 Å². The third kappa shape index (κ3) is 3.06. The summed E-state index contributed by atoms with van der Waals surface area (Å²) in [6.07, 6.45) is 0. The first kappa shape index (κ1) is 11.2. The lowest BCUT2D eigenvalue weighted by Crippen LogP contribution is -2.05. The second-order valence-corrected chi connectivity index (χ2v) is 2.67. The molecule has 1 N–H and O–H groups in total. The second-order valence-electron chi connectivity index (χ2n) is 2.67. The minimum Gasteiger partial charge on any atom is -0.268 e. The molecule has 15 heavy (non-hydrogen) atoms. The van der Waals surface area contributed by atoms with E-state index in [-0.39, 0.29) is 5.56 Å². The van der Waals surface area contributed by atoms with E-state index in [0.29, 0.717) is 0 Å². The quantitative estimate of drug-likeness (QED) is 0.772. The SMILES string of the molecule is CC.O=c1ccc(-c2ccccc2)n[nH]1. The number of aromatic nitrogens is 2. The summed E-state index contributed by atoms with van der Waals surface area (Å²) in [5, 5.41) is 6.30. The van der Waals surface area contributed by atoms with Crippen molar-refractivity contribution in [1.82, 2.24) is 10.2 Å². The fourth-order valence-corrected chi connectivity index (χ4v) is 1.11. The van der Waals surface area contributed by atoms with Crippen LogP contribution in [0.4, 0.5) is 0 Å². The van der Waals surface area contributed by atoms with Crippen LogP contribution in [0.5, 0.6) is 0 Å². The maximum atomic E-state index is 10.7. The fourth-order valence-electron chi connectivity index (χ4n) is 1.11. The van der Waals surface area contributed by atoms with Gasteiger partial charge in [0.15, 0.2) is 0 Å². The Morgan fingerprint density at radius 3 is 2.20 bits per heavy atom. The van der Waals surface area contributed by atoms with Crippen LogP contribution in [0.3, 0.4) is 0 Å². The van der Waals surface area contributed by atoms with Crippen molar-refractivity contribution in [3.63, 3.8) is 0 Å². The number of benzene rings is 1. The third-order valence-electron chi connectivity index (χ3n) is 1.75. The van der Waals surface area contributed by atoms with Gasteiger partial charge in [0.2, 0.25) is 0 Å². The third-order valence-corrected chi connectivity index (χ3v) is 1.75. The van der Waals surface area contributed by atoms with Gasteiger partial charge in [0.1, 0.15) is 0 Å². The Kier molecular flexibility index (Phi) is 4.29. The number of rotatable bonds is 1. The predicted octanol–water partition coefficient (Wildman–Crippen LogP) is 2.46. The summed E-state index contributed by atoms with van der Waals surface area (Å²) in [7, 11) is 0. The maximum Gasteiger partial charge on any atom is 0.264 e. The van der Waals surface area contributed by atoms with Crippen molar-refractivity contribution in [3.05, 3.63) is 52.8 Å². The van der Waals surface area contributed by atoms with Gasteiger partial charge in [-0.1, -0.05) is 44.2 Å². The van der Waals surface area contributed by atoms with E-state index in [1.807, 2.05) is 44.2 Å². The molecule has 78 valence electrons. The van der Waals surface area contributed by atoms with Crippen LogP contribution in [0, 0.1) is 0 Å². The molecular formula is C12H14N2O. The highest BCUT2D eigenvalue weighted by molar-refractivity contribution is 5.57. The molecule has 2 aromatic rings. The number of hydrogen-bond acceptors (Lipinski definition) is 2. The zero-order chi connectivity index (χ0) is 11.1.